The molecule has 0 aliphatic rings. The zero-order valence-electron chi connectivity index (χ0n) is 16.5. The number of rotatable bonds is 8. The average molecular weight is 410 g/mol. The van der Waals surface area contributed by atoms with Crippen molar-refractivity contribution in [2.45, 2.75) is 38.2 Å². The maximum absolute atomic E-state index is 12.4. The fraction of sp³-hybridized carbons (Fsp3) is 0.368. The highest BCUT2D eigenvalue weighted by atomic mass is 32.2. The van der Waals surface area contributed by atoms with Crippen molar-refractivity contribution in [3.63, 3.8) is 0 Å². The second-order valence-corrected chi connectivity index (χ2v) is 8.50. The van der Waals surface area contributed by atoms with E-state index in [1.54, 1.807) is 45.1 Å². The summed E-state index contributed by atoms with van der Waals surface area (Å²) in [6.45, 7) is 7.09. The molecule has 0 saturated heterocycles. The smallest absolute Gasteiger partial charge is 0.407 e. The predicted octanol–water partition coefficient (Wildman–Crippen LogP) is 2.56. The van der Waals surface area contributed by atoms with Crippen LogP contribution < -0.4 is 15.4 Å². The quantitative estimate of drug-likeness (QED) is 0.347. The van der Waals surface area contributed by atoms with Gasteiger partial charge in [0.15, 0.2) is 0 Å². The molecule has 3 N–H and O–H groups in total. The summed E-state index contributed by atoms with van der Waals surface area (Å²) >= 11 is 0. The summed E-state index contributed by atoms with van der Waals surface area (Å²) in [6, 6.07) is 5.88. The summed E-state index contributed by atoms with van der Waals surface area (Å²) in [4.78, 5) is 23.3. The molecule has 9 heteroatoms. The highest BCUT2D eigenvalue weighted by Gasteiger charge is 2.17. The van der Waals surface area contributed by atoms with Gasteiger partial charge in [-0.05, 0) is 45.9 Å². The van der Waals surface area contributed by atoms with Gasteiger partial charge in [0.25, 0.3) is 0 Å². The zero-order valence-corrected chi connectivity index (χ0v) is 17.3. The Labute approximate surface area is 166 Å². The van der Waals surface area contributed by atoms with Crippen molar-refractivity contribution in [2.75, 3.05) is 18.4 Å². The maximum Gasteiger partial charge on any atom is 0.407 e. The number of amides is 2. The van der Waals surface area contributed by atoms with Gasteiger partial charge in [0.2, 0.25) is 15.9 Å². The number of hydrogen-bond acceptors (Lipinski definition) is 5. The van der Waals surface area contributed by atoms with Crippen molar-refractivity contribution in [3.8, 4) is 0 Å². The minimum atomic E-state index is -3.80. The molecule has 0 spiro atoms. The van der Waals surface area contributed by atoms with E-state index in [1.807, 2.05) is 6.92 Å². The lowest BCUT2D eigenvalue weighted by Crippen LogP contribution is -2.37. The molecule has 0 saturated carbocycles. The minimum absolute atomic E-state index is 0.00000155. The van der Waals surface area contributed by atoms with Gasteiger partial charge in [-0.25, -0.2) is 17.9 Å². The number of allylic oxidation sites excluding steroid dienone is 3. The molecule has 1 rings (SSSR count). The van der Waals surface area contributed by atoms with Crippen LogP contribution in [0.1, 0.15) is 27.7 Å². The molecule has 0 aliphatic heterocycles. The van der Waals surface area contributed by atoms with Gasteiger partial charge in [-0.15, -0.1) is 0 Å². The number of benzene rings is 1. The topological polar surface area (TPSA) is 114 Å². The molecule has 0 aromatic heterocycles. The van der Waals surface area contributed by atoms with Crippen LogP contribution in [0.4, 0.5) is 10.5 Å². The Bertz CT molecular complexity index is 839. The first-order valence-electron chi connectivity index (χ1n) is 8.70. The fourth-order valence-electron chi connectivity index (χ4n) is 1.93. The van der Waals surface area contributed by atoms with Crippen LogP contribution in [0.15, 0.2) is 53.5 Å². The molecule has 0 fully saturated rings. The lowest BCUT2D eigenvalue weighted by atomic mass is 10.2. The van der Waals surface area contributed by atoms with E-state index in [1.165, 1.54) is 24.3 Å². The fourth-order valence-corrected chi connectivity index (χ4v) is 3.00. The van der Waals surface area contributed by atoms with Crippen molar-refractivity contribution in [1.82, 2.24) is 10.0 Å². The highest BCUT2D eigenvalue weighted by molar-refractivity contribution is 7.89. The molecule has 1 aromatic rings. The summed E-state index contributed by atoms with van der Waals surface area (Å²) in [5.74, 6) is -0.373. The Kier molecular flexibility index (Phi) is 8.87. The van der Waals surface area contributed by atoms with Crippen LogP contribution in [0.25, 0.3) is 0 Å². The first-order chi connectivity index (χ1) is 13.0. The molecule has 0 heterocycles. The van der Waals surface area contributed by atoms with E-state index < -0.39 is 21.7 Å². The van der Waals surface area contributed by atoms with Crippen LogP contribution in [0.2, 0.25) is 0 Å². The van der Waals surface area contributed by atoms with E-state index >= 15 is 0 Å². The molecule has 1 aromatic carbocycles. The van der Waals surface area contributed by atoms with Gasteiger partial charge < -0.3 is 15.4 Å². The summed E-state index contributed by atoms with van der Waals surface area (Å²) in [5.41, 5.74) is -0.277. The van der Waals surface area contributed by atoms with Crippen LogP contribution in [-0.4, -0.2) is 39.1 Å². The van der Waals surface area contributed by atoms with Crippen LogP contribution >= 0.6 is 0 Å². The SMILES string of the molecule is C/C=C/C=C/C(=O)Nc1cccc(S(=O)(=O)NCCNC(=O)OC(C)(C)C)c1. The van der Waals surface area contributed by atoms with Crippen LogP contribution in [0, 0.1) is 0 Å². The Hall–Kier alpha value is -2.65. The molecule has 0 radical (unpaired) electrons. The lowest BCUT2D eigenvalue weighted by molar-refractivity contribution is -0.111. The van der Waals surface area contributed by atoms with E-state index in [9.17, 15) is 18.0 Å². The number of ether oxygens (including phenoxy) is 1. The first kappa shape index (κ1) is 23.4. The van der Waals surface area contributed by atoms with Gasteiger partial charge in [-0.3, -0.25) is 4.79 Å². The molecule has 0 aliphatic carbocycles. The van der Waals surface area contributed by atoms with Gasteiger partial charge in [0, 0.05) is 24.9 Å². The number of hydrogen-bond donors (Lipinski definition) is 3. The van der Waals surface area contributed by atoms with Crippen molar-refractivity contribution in [3.05, 3.63) is 48.6 Å². The predicted molar refractivity (Wildman–Crippen MR) is 108 cm³/mol. The second-order valence-electron chi connectivity index (χ2n) is 6.73. The Morgan fingerprint density at radius 3 is 2.50 bits per heavy atom. The van der Waals surface area contributed by atoms with Gasteiger partial charge in [-0.1, -0.05) is 24.3 Å². The molecule has 28 heavy (non-hydrogen) atoms. The first-order valence-corrected chi connectivity index (χ1v) is 10.2. The largest absolute Gasteiger partial charge is 0.444 e. The maximum atomic E-state index is 12.4. The number of sulfonamides is 1. The van der Waals surface area contributed by atoms with E-state index in [-0.39, 0.29) is 23.9 Å². The normalized spacial score (nSPS) is 12.3. The highest BCUT2D eigenvalue weighted by Crippen LogP contribution is 2.15. The number of anilines is 1. The van der Waals surface area contributed by atoms with Crippen molar-refractivity contribution in [2.24, 2.45) is 0 Å². The summed E-state index contributed by atoms with van der Waals surface area (Å²) in [6.07, 6.45) is 5.77. The van der Waals surface area contributed by atoms with Crippen molar-refractivity contribution >= 4 is 27.7 Å². The molecule has 0 bridgehead atoms. The van der Waals surface area contributed by atoms with E-state index in [2.05, 4.69) is 15.4 Å². The summed E-state index contributed by atoms with van der Waals surface area (Å²) in [7, 11) is -3.80. The standard InChI is InChI=1S/C19H27N3O5S/c1-5-6-7-11-17(23)22-15-9-8-10-16(14-15)28(25,26)21-13-12-20-18(24)27-19(2,3)4/h5-11,14,21H,12-13H2,1-4H3,(H,20,24)(H,22,23)/b6-5+,11-7+. The summed E-state index contributed by atoms with van der Waals surface area (Å²) in [5, 5.41) is 5.06. The third-order valence-corrected chi connectivity index (χ3v) is 4.51. The number of carbonyl (C=O) groups excluding carboxylic acids is 2. The van der Waals surface area contributed by atoms with Gasteiger partial charge >= 0.3 is 6.09 Å². The number of nitrogens with one attached hydrogen (secondary N) is 3. The molecule has 0 atom stereocenters. The molecular formula is C19H27N3O5S. The number of carbonyl (C=O) groups is 2. The molecule has 8 nitrogen and oxygen atoms in total. The van der Waals surface area contributed by atoms with Crippen molar-refractivity contribution < 1.29 is 22.7 Å². The van der Waals surface area contributed by atoms with E-state index in [0.29, 0.717) is 5.69 Å². The third-order valence-electron chi connectivity index (χ3n) is 3.05. The van der Waals surface area contributed by atoms with E-state index in [0.717, 1.165) is 0 Å². The lowest BCUT2D eigenvalue weighted by Gasteiger charge is -2.19. The van der Waals surface area contributed by atoms with Crippen LogP contribution in [0.3, 0.4) is 0 Å². The third kappa shape index (κ3) is 9.33. The Morgan fingerprint density at radius 2 is 1.86 bits per heavy atom. The zero-order chi connectivity index (χ0) is 21.2. The van der Waals surface area contributed by atoms with Gasteiger partial charge in [-0.2, -0.15) is 0 Å². The number of alkyl carbamates (subject to hydrolysis) is 1. The molecule has 0 unspecified atom stereocenters. The second kappa shape index (κ2) is 10.6. The molecule has 2 amide bonds. The Morgan fingerprint density at radius 1 is 1.14 bits per heavy atom. The Balaban J connectivity index is 2.61. The van der Waals surface area contributed by atoms with Crippen LogP contribution in [0.5, 0.6) is 0 Å². The molecule has 154 valence electrons. The average Bonchev–Trinajstić information content (AvgIpc) is 2.58. The van der Waals surface area contributed by atoms with Crippen LogP contribution in [-0.2, 0) is 19.6 Å². The minimum Gasteiger partial charge on any atom is -0.444 e. The van der Waals surface area contributed by atoms with Gasteiger partial charge in [0.1, 0.15) is 5.60 Å². The van der Waals surface area contributed by atoms with E-state index in [4.69, 9.17) is 4.74 Å². The monoisotopic (exact) mass is 409 g/mol. The van der Waals surface area contributed by atoms with Crippen molar-refractivity contribution in [1.29, 1.82) is 0 Å². The molecular weight excluding hydrogens is 382 g/mol. The summed E-state index contributed by atoms with van der Waals surface area (Å²) < 4.78 is 32.2. The van der Waals surface area contributed by atoms with Gasteiger partial charge in [0.05, 0.1) is 4.90 Å².